The number of nitrogens with two attached hydrogens (primary N) is 1. The van der Waals surface area contributed by atoms with Crippen LogP contribution in [0.25, 0.3) is 0 Å². The molecule has 1 amide bonds. The van der Waals surface area contributed by atoms with Crippen LogP contribution < -0.4 is 5.73 Å². The number of ether oxygens (including phenoxy) is 2. The van der Waals surface area contributed by atoms with E-state index < -0.39 is 12.2 Å². The Hall–Kier alpha value is -1.07. The Morgan fingerprint density at radius 1 is 0.889 bits per heavy atom. The molecule has 5 nitrogen and oxygen atoms in total. The summed E-state index contributed by atoms with van der Waals surface area (Å²) in [6, 6.07) is 0. The van der Waals surface area contributed by atoms with Gasteiger partial charge in [-0.05, 0) is 32.1 Å². The standard InChI is InChI=1S/C22H43NO4/c1-2-3-4-5-6-7-8-9-10-11-12-13-14-15-16-17-18-26-20-21(19-24)27-22(23)25/h9-10,21,24H,2-8,11-20H2,1H3,(H2,23,25). The molecule has 0 saturated heterocycles. The third kappa shape index (κ3) is 21.1. The SMILES string of the molecule is CCCCCCCCC=CCCCCCCCCOCC(CO)OC(N)=O. The molecule has 0 aromatic carbocycles. The topological polar surface area (TPSA) is 81.8 Å². The van der Waals surface area contributed by atoms with Gasteiger partial charge in [-0.1, -0.05) is 76.9 Å². The quantitative estimate of drug-likeness (QED) is 0.214. The first-order valence-electron chi connectivity index (χ1n) is 11.0. The maximum atomic E-state index is 10.6. The predicted molar refractivity (Wildman–Crippen MR) is 112 cm³/mol. The van der Waals surface area contributed by atoms with Gasteiger partial charge in [0.1, 0.15) is 6.10 Å². The van der Waals surface area contributed by atoms with Crippen LogP contribution in [0.5, 0.6) is 0 Å². The number of hydrogen-bond donors (Lipinski definition) is 2. The van der Waals surface area contributed by atoms with Crippen LogP contribution in [-0.4, -0.2) is 37.1 Å². The molecule has 0 fully saturated rings. The van der Waals surface area contributed by atoms with E-state index in [1.165, 1.54) is 77.0 Å². The normalized spacial score (nSPS) is 12.5. The number of carbonyl (C=O) groups is 1. The van der Waals surface area contributed by atoms with Crippen molar-refractivity contribution in [2.45, 2.75) is 103 Å². The molecule has 0 radical (unpaired) electrons. The minimum Gasteiger partial charge on any atom is -0.441 e. The van der Waals surface area contributed by atoms with Gasteiger partial charge in [0.25, 0.3) is 0 Å². The van der Waals surface area contributed by atoms with E-state index in [4.69, 9.17) is 20.3 Å². The molecule has 1 atom stereocenters. The molecule has 27 heavy (non-hydrogen) atoms. The molecule has 160 valence electrons. The Kier molecular flexibility index (Phi) is 20.4. The molecule has 5 heteroatoms. The van der Waals surface area contributed by atoms with Crippen LogP contribution in [0.4, 0.5) is 4.79 Å². The molecule has 0 aliphatic rings. The average Bonchev–Trinajstić information content (AvgIpc) is 2.65. The summed E-state index contributed by atoms with van der Waals surface area (Å²) >= 11 is 0. The van der Waals surface area contributed by atoms with Crippen LogP contribution in [0.15, 0.2) is 12.2 Å². The molecule has 0 spiro atoms. The zero-order chi connectivity index (χ0) is 20.0. The van der Waals surface area contributed by atoms with E-state index >= 15 is 0 Å². The van der Waals surface area contributed by atoms with E-state index in [1.54, 1.807) is 0 Å². The van der Waals surface area contributed by atoms with Gasteiger partial charge in [0, 0.05) is 6.61 Å². The van der Waals surface area contributed by atoms with Crippen LogP contribution >= 0.6 is 0 Å². The van der Waals surface area contributed by atoms with Crippen molar-refractivity contribution in [1.29, 1.82) is 0 Å². The predicted octanol–water partition coefficient (Wildman–Crippen LogP) is 5.50. The van der Waals surface area contributed by atoms with Crippen molar-refractivity contribution in [3.63, 3.8) is 0 Å². The van der Waals surface area contributed by atoms with Crippen molar-refractivity contribution in [3.05, 3.63) is 12.2 Å². The van der Waals surface area contributed by atoms with Crippen molar-refractivity contribution < 1.29 is 19.4 Å². The Morgan fingerprint density at radius 3 is 1.93 bits per heavy atom. The second-order valence-corrected chi connectivity index (χ2v) is 7.25. The highest BCUT2D eigenvalue weighted by Gasteiger charge is 2.10. The van der Waals surface area contributed by atoms with E-state index in [9.17, 15) is 4.79 Å². The molecule has 0 heterocycles. The lowest BCUT2D eigenvalue weighted by Crippen LogP contribution is -2.30. The number of carbonyl (C=O) groups excluding carboxylic acids is 1. The van der Waals surface area contributed by atoms with Crippen LogP contribution in [-0.2, 0) is 9.47 Å². The van der Waals surface area contributed by atoms with E-state index in [1.807, 2.05) is 0 Å². The Balaban J connectivity index is 3.22. The lowest BCUT2D eigenvalue weighted by Gasteiger charge is -2.13. The van der Waals surface area contributed by atoms with Gasteiger partial charge in [-0.25, -0.2) is 4.79 Å². The summed E-state index contributed by atoms with van der Waals surface area (Å²) in [5, 5.41) is 9.00. The number of unbranched alkanes of at least 4 members (excludes halogenated alkanes) is 12. The zero-order valence-corrected chi connectivity index (χ0v) is 17.5. The Morgan fingerprint density at radius 2 is 1.41 bits per heavy atom. The fourth-order valence-electron chi connectivity index (χ4n) is 2.95. The van der Waals surface area contributed by atoms with Crippen LogP contribution in [0.2, 0.25) is 0 Å². The molecule has 3 N–H and O–H groups in total. The fourth-order valence-corrected chi connectivity index (χ4v) is 2.95. The number of amides is 1. The average molecular weight is 386 g/mol. The molecule has 0 aromatic heterocycles. The van der Waals surface area contributed by atoms with E-state index in [-0.39, 0.29) is 13.2 Å². The van der Waals surface area contributed by atoms with Gasteiger partial charge in [-0.15, -0.1) is 0 Å². The molecule has 1 unspecified atom stereocenters. The van der Waals surface area contributed by atoms with Gasteiger partial charge in [-0.3, -0.25) is 0 Å². The summed E-state index contributed by atoms with van der Waals surface area (Å²) in [6.07, 6.45) is 21.1. The summed E-state index contributed by atoms with van der Waals surface area (Å²) in [5.41, 5.74) is 4.91. The molecule has 0 saturated carbocycles. The summed E-state index contributed by atoms with van der Waals surface area (Å²) in [5.74, 6) is 0. The van der Waals surface area contributed by atoms with E-state index in [0.717, 1.165) is 12.8 Å². The molecule has 0 aliphatic carbocycles. The molecular weight excluding hydrogens is 342 g/mol. The van der Waals surface area contributed by atoms with Crippen LogP contribution in [0.1, 0.15) is 96.8 Å². The Bertz CT molecular complexity index is 347. The summed E-state index contributed by atoms with van der Waals surface area (Å²) in [6.45, 7) is 2.82. The van der Waals surface area contributed by atoms with Crippen LogP contribution in [0.3, 0.4) is 0 Å². The first-order chi connectivity index (χ1) is 13.2. The largest absolute Gasteiger partial charge is 0.441 e. The second-order valence-electron chi connectivity index (χ2n) is 7.25. The summed E-state index contributed by atoms with van der Waals surface area (Å²) in [7, 11) is 0. The highest BCUT2D eigenvalue weighted by atomic mass is 16.6. The minimum absolute atomic E-state index is 0.199. The number of hydrogen-bond acceptors (Lipinski definition) is 4. The number of allylic oxidation sites excluding steroid dienone is 2. The van der Waals surface area contributed by atoms with Gasteiger partial charge < -0.3 is 20.3 Å². The smallest absolute Gasteiger partial charge is 0.404 e. The fraction of sp³-hybridized carbons (Fsp3) is 0.864. The van der Waals surface area contributed by atoms with Gasteiger partial charge in [0.15, 0.2) is 0 Å². The lowest BCUT2D eigenvalue weighted by molar-refractivity contribution is -0.00463. The maximum absolute atomic E-state index is 10.6. The van der Waals surface area contributed by atoms with Crippen molar-refractivity contribution >= 4 is 6.09 Å². The number of aliphatic hydroxyl groups is 1. The van der Waals surface area contributed by atoms with Gasteiger partial charge in [0.05, 0.1) is 13.2 Å². The highest BCUT2D eigenvalue weighted by Crippen LogP contribution is 2.10. The van der Waals surface area contributed by atoms with Crippen molar-refractivity contribution in [2.75, 3.05) is 19.8 Å². The van der Waals surface area contributed by atoms with Crippen LogP contribution in [0, 0.1) is 0 Å². The molecule has 0 aromatic rings. The van der Waals surface area contributed by atoms with E-state index in [2.05, 4.69) is 19.1 Å². The third-order valence-electron chi connectivity index (χ3n) is 4.59. The number of primary amides is 1. The molecule has 0 rings (SSSR count). The lowest BCUT2D eigenvalue weighted by atomic mass is 10.1. The minimum atomic E-state index is -0.880. The van der Waals surface area contributed by atoms with Crippen molar-refractivity contribution in [3.8, 4) is 0 Å². The van der Waals surface area contributed by atoms with Crippen molar-refractivity contribution in [1.82, 2.24) is 0 Å². The first kappa shape index (κ1) is 25.9. The molecule has 0 bridgehead atoms. The van der Waals surface area contributed by atoms with Gasteiger partial charge in [-0.2, -0.15) is 0 Å². The maximum Gasteiger partial charge on any atom is 0.404 e. The highest BCUT2D eigenvalue weighted by molar-refractivity contribution is 5.64. The number of aliphatic hydroxyl groups excluding tert-OH is 1. The monoisotopic (exact) mass is 385 g/mol. The zero-order valence-electron chi connectivity index (χ0n) is 17.5. The number of rotatable bonds is 20. The van der Waals surface area contributed by atoms with Gasteiger partial charge >= 0.3 is 6.09 Å². The van der Waals surface area contributed by atoms with Gasteiger partial charge in [0.2, 0.25) is 0 Å². The third-order valence-corrected chi connectivity index (χ3v) is 4.59. The molecular formula is C22H43NO4. The second kappa shape index (κ2) is 21.2. The summed E-state index contributed by atoms with van der Waals surface area (Å²) < 4.78 is 10.1. The van der Waals surface area contributed by atoms with E-state index in [0.29, 0.717) is 6.61 Å². The summed E-state index contributed by atoms with van der Waals surface area (Å²) in [4.78, 5) is 10.6. The molecule has 0 aliphatic heterocycles. The first-order valence-corrected chi connectivity index (χ1v) is 11.0. The Labute approximate surface area is 166 Å². The van der Waals surface area contributed by atoms with Crippen molar-refractivity contribution in [2.24, 2.45) is 5.73 Å².